The molecule has 0 aliphatic carbocycles. The normalized spacial score (nSPS) is 21.5. The largest absolute Gasteiger partial charge is 0.373 e. The second-order valence-corrected chi connectivity index (χ2v) is 6.00. The monoisotopic (exact) mass is 292 g/mol. The summed E-state index contributed by atoms with van der Waals surface area (Å²) in [6, 6.07) is 0. The van der Waals surface area contributed by atoms with E-state index in [0.29, 0.717) is 0 Å². The molecule has 1 aromatic heterocycles. The van der Waals surface area contributed by atoms with Crippen molar-refractivity contribution in [3.63, 3.8) is 0 Å². The molecule has 0 saturated carbocycles. The lowest BCUT2D eigenvalue weighted by Gasteiger charge is -2.24. The molecule has 0 amide bonds. The van der Waals surface area contributed by atoms with Gasteiger partial charge < -0.3 is 15.4 Å². The highest BCUT2D eigenvalue weighted by Gasteiger charge is 2.29. The predicted octanol–water partition coefficient (Wildman–Crippen LogP) is 3.15. The number of hydrogen-bond acceptors (Lipinski definition) is 5. The molecule has 118 valence electrons. The van der Waals surface area contributed by atoms with Gasteiger partial charge in [0.25, 0.3) is 0 Å². The fourth-order valence-electron chi connectivity index (χ4n) is 2.66. The van der Waals surface area contributed by atoms with E-state index in [-0.39, 0.29) is 5.60 Å². The summed E-state index contributed by atoms with van der Waals surface area (Å²) in [5, 5.41) is 6.81. The summed E-state index contributed by atoms with van der Waals surface area (Å²) in [7, 11) is 0. The average molecular weight is 292 g/mol. The van der Waals surface area contributed by atoms with Gasteiger partial charge in [-0.15, -0.1) is 0 Å². The van der Waals surface area contributed by atoms with Crippen LogP contribution in [0.4, 0.5) is 11.6 Å². The van der Waals surface area contributed by atoms with E-state index in [9.17, 15) is 0 Å². The Hall–Kier alpha value is -1.36. The minimum Gasteiger partial charge on any atom is -0.373 e. The van der Waals surface area contributed by atoms with E-state index in [0.717, 1.165) is 68.4 Å². The first kappa shape index (κ1) is 16.0. The number of nitrogens with zero attached hydrogens (tertiary/aromatic N) is 2. The number of hydrogen-bond donors (Lipinski definition) is 2. The molecule has 1 fully saturated rings. The summed E-state index contributed by atoms with van der Waals surface area (Å²) in [6.45, 7) is 11.0. The Labute approximate surface area is 127 Å². The Kier molecular flexibility index (Phi) is 5.39. The molecule has 5 heteroatoms. The van der Waals surface area contributed by atoms with Gasteiger partial charge in [0.2, 0.25) is 0 Å². The van der Waals surface area contributed by atoms with Gasteiger partial charge in [-0.05, 0) is 40.0 Å². The Balaban J connectivity index is 2.15. The third-order valence-corrected chi connectivity index (χ3v) is 3.94. The first-order valence-electron chi connectivity index (χ1n) is 8.07. The second kappa shape index (κ2) is 7.07. The van der Waals surface area contributed by atoms with E-state index in [4.69, 9.17) is 4.74 Å². The predicted molar refractivity (Wildman–Crippen MR) is 87.0 cm³/mol. The SMILES string of the molecule is CCCc1nc(NCC)c(C)c(NCC2(C)CCCO2)n1. The van der Waals surface area contributed by atoms with Gasteiger partial charge >= 0.3 is 0 Å². The number of anilines is 2. The molecule has 1 aromatic rings. The minimum atomic E-state index is -0.0688. The maximum Gasteiger partial charge on any atom is 0.134 e. The van der Waals surface area contributed by atoms with Crippen molar-refractivity contribution in [1.82, 2.24) is 9.97 Å². The van der Waals surface area contributed by atoms with Crippen molar-refractivity contribution in [2.45, 2.75) is 59.0 Å². The molecular formula is C16H28N4O. The van der Waals surface area contributed by atoms with Gasteiger partial charge in [-0.25, -0.2) is 9.97 Å². The van der Waals surface area contributed by atoms with Crippen molar-refractivity contribution in [2.24, 2.45) is 0 Å². The molecule has 1 saturated heterocycles. The number of ether oxygens (including phenoxy) is 1. The molecule has 0 aromatic carbocycles. The number of rotatable bonds is 7. The molecule has 1 aliphatic heterocycles. The molecular weight excluding hydrogens is 264 g/mol. The standard InChI is InChI=1S/C16H28N4O/c1-5-8-13-19-14(17-6-2)12(3)15(20-13)18-11-16(4)9-7-10-21-16/h5-11H2,1-4H3,(H2,17,18,19,20). The highest BCUT2D eigenvalue weighted by molar-refractivity contribution is 5.57. The minimum absolute atomic E-state index is 0.0688. The fraction of sp³-hybridized carbons (Fsp3) is 0.750. The Morgan fingerprint density at radius 3 is 2.48 bits per heavy atom. The van der Waals surface area contributed by atoms with E-state index >= 15 is 0 Å². The van der Waals surface area contributed by atoms with Crippen LogP contribution in [0.15, 0.2) is 0 Å². The molecule has 5 nitrogen and oxygen atoms in total. The van der Waals surface area contributed by atoms with Gasteiger partial charge in [-0.2, -0.15) is 0 Å². The lowest BCUT2D eigenvalue weighted by molar-refractivity contribution is 0.0314. The van der Waals surface area contributed by atoms with Crippen LogP contribution in [0.3, 0.4) is 0 Å². The first-order valence-corrected chi connectivity index (χ1v) is 8.07. The number of aromatic nitrogens is 2. The van der Waals surface area contributed by atoms with Crippen LogP contribution < -0.4 is 10.6 Å². The topological polar surface area (TPSA) is 59.1 Å². The molecule has 2 heterocycles. The molecule has 2 rings (SSSR count). The Morgan fingerprint density at radius 2 is 1.90 bits per heavy atom. The second-order valence-electron chi connectivity index (χ2n) is 6.00. The van der Waals surface area contributed by atoms with E-state index < -0.39 is 0 Å². The van der Waals surface area contributed by atoms with Crippen LogP contribution in [0.2, 0.25) is 0 Å². The maximum absolute atomic E-state index is 5.84. The van der Waals surface area contributed by atoms with E-state index in [1.165, 1.54) is 0 Å². The van der Waals surface area contributed by atoms with Crippen molar-refractivity contribution in [3.05, 3.63) is 11.4 Å². The van der Waals surface area contributed by atoms with Crippen LogP contribution in [-0.2, 0) is 11.2 Å². The summed E-state index contributed by atoms with van der Waals surface area (Å²) in [4.78, 5) is 9.30. The van der Waals surface area contributed by atoms with Gasteiger partial charge in [-0.3, -0.25) is 0 Å². The number of aryl methyl sites for hydroxylation is 1. The van der Waals surface area contributed by atoms with Crippen molar-refractivity contribution < 1.29 is 4.74 Å². The van der Waals surface area contributed by atoms with Crippen LogP contribution in [0.1, 0.15) is 51.4 Å². The fourth-order valence-corrected chi connectivity index (χ4v) is 2.66. The zero-order chi connectivity index (χ0) is 15.3. The van der Waals surface area contributed by atoms with E-state index in [2.05, 4.69) is 48.3 Å². The molecule has 2 N–H and O–H groups in total. The Morgan fingerprint density at radius 1 is 1.19 bits per heavy atom. The molecule has 0 radical (unpaired) electrons. The molecule has 1 atom stereocenters. The van der Waals surface area contributed by atoms with E-state index in [1.807, 2.05) is 0 Å². The third kappa shape index (κ3) is 4.06. The molecule has 1 aliphatic rings. The lowest BCUT2D eigenvalue weighted by Crippen LogP contribution is -2.33. The average Bonchev–Trinajstić information content (AvgIpc) is 2.88. The molecule has 0 bridgehead atoms. The van der Waals surface area contributed by atoms with Crippen LogP contribution in [0.5, 0.6) is 0 Å². The first-order chi connectivity index (χ1) is 10.1. The van der Waals surface area contributed by atoms with Crippen molar-refractivity contribution in [1.29, 1.82) is 0 Å². The molecule has 0 spiro atoms. The lowest BCUT2D eigenvalue weighted by atomic mass is 10.0. The smallest absolute Gasteiger partial charge is 0.134 e. The highest BCUT2D eigenvalue weighted by Crippen LogP contribution is 2.27. The molecule has 1 unspecified atom stereocenters. The van der Waals surface area contributed by atoms with Crippen molar-refractivity contribution in [3.8, 4) is 0 Å². The van der Waals surface area contributed by atoms with Crippen molar-refractivity contribution >= 4 is 11.6 Å². The van der Waals surface area contributed by atoms with Gasteiger partial charge in [0, 0.05) is 31.7 Å². The third-order valence-electron chi connectivity index (χ3n) is 3.94. The van der Waals surface area contributed by atoms with Gasteiger partial charge in [0.05, 0.1) is 5.60 Å². The van der Waals surface area contributed by atoms with Crippen LogP contribution in [0.25, 0.3) is 0 Å². The van der Waals surface area contributed by atoms with Crippen molar-refractivity contribution in [2.75, 3.05) is 30.3 Å². The van der Waals surface area contributed by atoms with Crippen LogP contribution in [0, 0.1) is 6.92 Å². The zero-order valence-electron chi connectivity index (χ0n) is 13.8. The van der Waals surface area contributed by atoms with Gasteiger partial charge in [0.1, 0.15) is 17.5 Å². The summed E-state index contributed by atoms with van der Waals surface area (Å²) in [6.07, 6.45) is 4.20. The van der Waals surface area contributed by atoms with Gasteiger partial charge in [-0.1, -0.05) is 6.92 Å². The summed E-state index contributed by atoms with van der Waals surface area (Å²) >= 11 is 0. The number of nitrogens with one attached hydrogen (secondary N) is 2. The van der Waals surface area contributed by atoms with Crippen LogP contribution >= 0.6 is 0 Å². The summed E-state index contributed by atoms with van der Waals surface area (Å²) < 4.78 is 5.84. The van der Waals surface area contributed by atoms with E-state index in [1.54, 1.807) is 0 Å². The van der Waals surface area contributed by atoms with Crippen LogP contribution in [-0.4, -0.2) is 35.3 Å². The quantitative estimate of drug-likeness (QED) is 0.808. The summed E-state index contributed by atoms with van der Waals surface area (Å²) in [5.74, 6) is 2.77. The molecule has 21 heavy (non-hydrogen) atoms. The highest BCUT2D eigenvalue weighted by atomic mass is 16.5. The zero-order valence-corrected chi connectivity index (χ0v) is 13.8. The van der Waals surface area contributed by atoms with Gasteiger partial charge in [0.15, 0.2) is 0 Å². The summed E-state index contributed by atoms with van der Waals surface area (Å²) in [5.41, 5.74) is 1.01. The Bertz CT molecular complexity index is 470. The maximum atomic E-state index is 5.84.